The molecule has 0 amide bonds. The number of aryl methyl sites for hydroxylation is 2. The number of sulfonamides is 1. The first kappa shape index (κ1) is 23.4. The Morgan fingerprint density at radius 1 is 0.897 bits per heavy atom. The van der Waals surface area contributed by atoms with Crippen molar-refractivity contribution < 1.29 is 12.6 Å². The standard InChI is InChI=1S/C23H31NO3S2/c1-6-7-8-21(18(2)3)17-28(25,22-13-9-19(4)10-14-22)24-29(26,27)23-15-11-20(5)12-16-23/h9-18H,6-8H2,1-5H3/b21-17+/t28-/m0/s1. The predicted molar refractivity (Wildman–Crippen MR) is 121 cm³/mol. The number of unbranched alkanes of at least 4 members (excludes halogenated alkanes) is 1. The van der Waals surface area contributed by atoms with Gasteiger partial charge in [-0.15, -0.1) is 0 Å². The molecule has 0 saturated carbocycles. The van der Waals surface area contributed by atoms with Crippen molar-refractivity contribution >= 4 is 19.8 Å². The maximum absolute atomic E-state index is 14.0. The summed E-state index contributed by atoms with van der Waals surface area (Å²) in [6, 6.07) is 13.5. The van der Waals surface area contributed by atoms with Crippen molar-refractivity contribution in [2.45, 2.75) is 63.7 Å². The lowest BCUT2D eigenvalue weighted by Gasteiger charge is -2.14. The van der Waals surface area contributed by atoms with Crippen LogP contribution in [0.4, 0.5) is 0 Å². The highest BCUT2D eigenvalue weighted by molar-refractivity contribution is 8.05. The van der Waals surface area contributed by atoms with Crippen LogP contribution in [0, 0.1) is 19.8 Å². The van der Waals surface area contributed by atoms with Crippen LogP contribution in [0.5, 0.6) is 0 Å². The Hall–Kier alpha value is -1.92. The van der Waals surface area contributed by atoms with E-state index in [1.807, 2.05) is 39.8 Å². The number of rotatable bonds is 8. The zero-order valence-corrected chi connectivity index (χ0v) is 19.5. The van der Waals surface area contributed by atoms with E-state index in [2.05, 4.69) is 10.7 Å². The van der Waals surface area contributed by atoms with E-state index in [-0.39, 0.29) is 10.8 Å². The summed E-state index contributed by atoms with van der Waals surface area (Å²) in [4.78, 5) is 0.462. The minimum Gasteiger partial charge on any atom is -0.239 e. The van der Waals surface area contributed by atoms with Gasteiger partial charge in [0, 0.05) is 5.41 Å². The van der Waals surface area contributed by atoms with Gasteiger partial charge in [0.2, 0.25) is 0 Å². The molecule has 29 heavy (non-hydrogen) atoms. The quantitative estimate of drug-likeness (QED) is 0.494. The van der Waals surface area contributed by atoms with Crippen LogP contribution < -0.4 is 0 Å². The molecule has 158 valence electrons. The van der Waals surface area contributed by atoms with Crippen LogP contribution in [0.15, 0.2) is 73.1 Å². The van der Waals surface area contributed by atoms with E-state index < -0.39 is 19.8 Å². The molecule has 0 aliphatic heterocycles. The third-order valence-electron chi connectivity index (χ3n) is 4.76. The zero-order valence-electron chi connectivity index (χ0n) is 17.9. The van der Waals surface area contributed by atoms with Crippen molar-refractivity contribution in [2.75, 3.05) is 0 Å². The normalized spacial score (nSPS) is 14.6. The van der Waals surface area contributed by atoms with Crippen LogP contribution in [0.3, 0.4) is 0 Å². The first-order chi connectivity index (χ1) is 13.6. The van der Waals surface area contributed by atoms with Gasteiger partial charge in [-0.25, -0.2) is 4.21 Å². The molecule has 0 aromatic heterocycles. The molecule has 6 heteroatoms. The summed E-state index contributed by atoms with van der Waals surface area (Å²) in [6.45, 7) is 9.98. The molecule has 0 heterocycles. The average Bonchev–Trinajstić information content (AvgIpc) is 2.65. The van der Waals surface area contributed by atoms with E-state index in [4.69, 9.17) is 0 Å². The molecule has 0 bridgehead atoms. The minimum absolute atomic E-state index is 0.0518. The smallest absolute Gasteiger partial charge is 0.239 e. The van der Waals surface area contributed by atoms with Crippen molar-refractivity contribution in [1.29, 1.82) is 0 Å². The Labute approximate surface area is 176 Å². The predicted octanol–water partition coefficient (Wildman–Crippen LogP) is 6.25. The molecule has 2 rings (SSSR count). The second-order valence-electron chi connectivity index (χ2n) is 7.70. The van der Waals surface area contributed by atoms with Gasteiger partial charge in [0.1, 0.15) is 9.73 Å². The molecule has 4 nitrogen and oxygen atoms in total. The molecule has 0 spiro atoms. The van der Waals surface area contributed by atoms with Gasteiger partial charge >= 0.3 is 0 Å². The van der Waals surface area contributed by atoms with Gasteiger partial charge in [0.25, 0.3) is 10.0 Å². The highest BCUT2D eigenvalue weighted by Crippen LogP contribution is 2.27. The molecule has 0 aliphatic rings. The first-order valence-corrected chi connectivity index (χ1v) is 13.0. The van der Waals surface area contributed by atoms with Crippen molar-refractivity contribution in [2.24, 2.45) is 9.69 Å². The summed E-state index contributed by atoms with van der Waals surface area (Å²) in [7, 11) is -7.38. The zero-order chi connectivity index (χ0) is 21.7. The number of hydrogen-bond donors (Lipinski definition) is 0. The summed E-state index contributed by atoms with van der Waals surface area (Å²) in [5.41, 5.74) is 2.93. The van der Waals surface area contributed by atoms with Crippen LogP contribution >= 0.6 is 0 Å². The van der Waals surface area contributed by atoms with Crippen LogP contribution in [0.25, 0.3) is 0 Å². The molecule has 0 saturated heterocycles. The van der Waals surface area contributed by atoms with Crippen LogP contribution in [-0.2, 0) is 19.8 Å². The minimum atomic E-state index is -4.08. The van der Waals surface area contributed by atoms with E-state index >= 15 is 0 Å². The Morgan fingerprint density at radius 3 is 1.83 bits per heavy atom. The Morgan fingerprint density at radius 2 is 1.38 bits per heavy atom. The molecular formula is C23H31NO3S2. The SMILES string of the molecule is CCCC/C(=C\[S@@](=O)(=NS(=O)(=O)c1ccc(C)cc1)c1ccc(C)cc1)C(C)C. The number of allylic oxidation sites excluding steroid dienone is 1. The van der Waals surface area contributed by atoms with Crippen molar-refractivity contribution in [3.63, 3.8) is 0 Å². The monoisotopic (exact) mass is 433 g/mol. The van der Waals surface area contributed by atoms with Crippen molar-refractivity contribution in [3.8, 4) is 0 Å². The summed E-state index contributed by atoms with van der Waals surface area (Å²) in [6.07, 6.45) is 2.74. The van der Waals surface area contributed by atoms with Gasteiger partial charge < -0.3 is 0 Å². The van der Waals surface area contributed by atoms with Crippen molar-refractivity contribution in [1.82, 2.24) is 0 Å². The topological polar surface area (TPSA) is 63.6 Å². The molecule has 1 atom stereocenters. The summed E-state index contributed by atoms with van der Waals surface area (Å²) in [5.74, 6) is 0.158. The van der Waals surface area contributed by atoms with Crippen molar-refractivity contribution in [3.05, 3.63) is 70.6 Å². The van der Waals surface area contributed by atoms with Crippen LogP contribution in [0.2, 0.25) is 0 Å². The van der Waals surface area contributed by atoms with E-state index in [9.17, 15) is 12.6 Å². The van der Waals surface area contributed by atoms with E-state index in [1.54, 1.807) is 29.7 Å². The van der Waals surface area contributed by atoms with Gasteiger partial charge in [-0.1, -0.05) is 71.9 Å². The summed E-state index contributed by atoms with van der Waals surface area (Å²) >= 11 is 0. The van der Waals surface area contributed by atoms with Crippen LogP contribution in [-0.4, -0.2) is 12.6 Å². The Bertz CT molecular complexity index is 1070. The van der Waals surface area contributed by atoms with Gasteiger partial charge in [0.05, 0.1) is 9.79 Å². The van der Waals surface area contributed by atoms with E-state index in [1.165, 1.54) is 12.1 Å². The van der Waals surface area contributed by atoms with Gasteiger partial charge in [-0.05, 0) is 56.9 Å². The van der Waals surface area contributed by atoms with E-state index in [0.717, 1.165) is 36.0 Å². The average molecular weight is 434 g/mol. The highest BCUT2D eigenvalue weighted by Gasteiger charge is 2.21. The third kappa shape index (κ3) is 6.28. The van der Waals surface area contributed by atoms with Gasteiger partial charge in [-0.2, -0.15) is 8.42 Å². The molecular weight excluding hydrogens is 402 g/mol. The van der Waals surface area contributed by atoms with Gasteiger partial charge in [0.15, 0.2) is 0 Å². The lowest BCUT2D eigenvalue weighted by atomic mass is 10.00. The van der Waals surface area contributed by atoms with Crippen LogP contribution in [0.1, 0.15) is 51.2 Å². The third-order valence-corrected chi connectivity index (χ3v) is 8.87. The molecule has 0 aliphatic carbocycles. The summed E-state index contributed by atoms with van der Waals surface area (Å²) in [5, 5.41) is 1.60. The first-order valence-electron chi connectivity index (χ1n) is 9.94. The number of benzene rings is 2. The lowest BCUT2D eigenvalue weighted by molar-refractivity contribution is 0.598. The number of nitrogens with zero attached hydrogens (tertiary/aromatic N) is 1. The molecule has 2 aromatic carbocycles. The lowest BCUT2D eigenvalue weighted by Crippen LogP contribution is -2.07. The second kappa shape index (κ2) is 9.72. The Balaban J connectivity index is 2.72. The molecule has 2 aromatic rings. The molecule has 0 radical (unpaired) electrons. The highest BCUT2D eigenvalue weighted by atomic mass is 32.3. The maximum Gasteiger partial charge on any atom is 0.290 e. The number of hydrogen-bond acceptors (Lipinski definition) is 3. The fraction of sp³-hybridized carbons (Fsp3) is 0.391. The molecule has 0 fully saturated rings. The fourth-order valence-electron chi connectivity index (χ4n) is 2.83. The largest absolute Gasteiger partial charge is 0.290 e. The molecule has 0 N–H and O–H groups in total. The Kier molecular flexibility index (Phi) is 7.83. The fourth-order valence-corrected chi connectivity index (χ4v) is 6.80. The molecule has 0 unspecified atom stereocenters. The van der Waals surface area contributed by atoms with Gasteiger partial charge in [-0.3, -0.25) is 0 Å². The second-order valence-corrected chi connectivity index (χ2v) is 11.6. The maximum atomic E-state index is 14.0. The summed E-state index contributed by atoms with van der Waals surface area (Å²) < 4.78 is 44.0. The van der Waals surface area contributed by atoms with E-state index in [0.29, 0.717) is 4.90 Å².